The molecule has 2 heterocycles. The molecule has 2 aromatic rings. The summed E-state index contributed by atoms with van der Waals surface area (Å²) in [7, 11) is 0. The van der Waals surface area contributed by atoms with E-state index in [0.29, 0.717) is 0 Å². The maximum absolute atomic E-state index is 11.7. The number of hydrogen-bond donors (Lipinski definition) is 1. The smallest absolute Gasteiger partial charge is 0.314 e. The van der Waals surface area contributed by atoms with E-state index in [1.54, 1.807) is 0 Å². The first kappa shape index (κ1) is 12.0. The minimum Gasteiger partial charge on any atom is -0.481 e. The molecule has 1 aromatic heterocycles. The average molecular weight is 269 g/mol. The zero-order chi connectivity index (χ0) is 13.9. The predicted molar refractivity (Wildman–Crippen MR) is 78.2 cm³/mol. The fourth-order valence-corrected chi connectivity index (χ4v) is 3.98. The summed E-state index contributed by atoms with van der Waals surface area (Å²) < 4.78 is 2.38. The van der Waals surface area contributed by atoms with E-state index in [1.165, 1.54) is 22.2 Å². The highest BCUT2D eigenvalue weighted by Gasteiger charge is 2.46. The summed E-state index contributed by atoms with van der Waals surface area (Å²) in [6.07, 6.45) is 4.82. The van der Waals surface area contributed by atoms with Crippen LogP contribution in [0.1, 0.15) is 42.5 Å². The van der Waals surface area contributed by atoms with E-state index in [0.717, 1.165) is 44.2 Å². The molecule has 3 heteroatoms. The monoisotopic (exact) mass is 269 g/mol. The van der Waals surface area contributed by atoms with Crippen LogP contribution in [0.5, 0.6) is 0 Å². The van der Waals surface area contributed by atoms with Crippen LogP contribution in [-0.2, 0) is 23.2 Å². The number of rotatable bonds is 2. The van der Waals surface area contributed by atoms with E-state index in [-0.39, 0.29) is 0 Å². The van der Waals surface area contributed by atoms with Crippen molar-refractivity contribution in [1.82, 2.24) is 4.57 Å². The molecule has 104 valence electrons. The first-order valence-electron chi connectivity index (χ1n) is 7.48. The third-order valence-corrected chi connectivity index (χ3v) is 5.28. The highest BCUT2D eigenvalue weighted by Crippen LogP contribution is 2.46. The number of carboxylic acid groups (broad SMARTS) is 1. The predicted octanol–water partition coefficient (Wildman–Crippen LogP) is 3.40. The van der Waals surface area contributed by atoms with Crippen LogP contribution in [0.25, 0.3) is 10.9 Å². The van der Waals surface area contributed by atoms with Crippen molar-refractivity contribution >= 4 is 16.9 Å². The van der Waals surface area contributed by atoms with Crippen LogP contribution in [0.15, 0.2) is 18.2 Å². The van der Waals surface area contributed by atoms with Crippen molar-refractivity contribution in [1.29, 1.82) is 0 Å². The maximum atomic E-state index is 11.7. The minimum atomic E-state index is -0.651. The van der Waals surface area contributed by atoms with Crippen molar-refractivity contribution in [2.45, 2.75) is 51.0 Å². The largest absolute Gasteiger partial charge is 0.481 e. The molecule has 0 saturated heterocycles. The van der Waals surface area contributed by atoms with Crippen molar-refractivity contribution in [3.63, 3.8) is 0 Å². The van der Waals surface area contributed by atoms with E-state index < -0.39 is 11.4 Å². The molecule has 1 saturated carbocycles. The molecule has 3 nitrogen and oxygen atoms in total. The lowest BCUT2D eigenvalue weighted by atomic mass is 9.64. The lowest BCUT2D eigenvalue weighted by molar-refractivity contribution is -0.147. The molecule has 0 atom stereocenters. The number of carbonyl (C=O) groups is 1. The summed E-state index contributed by atoms with van der Waals surface area (Å²) in [5.41, 5.74) is 4.37. The highest BCUT2D eigenvalue weighted by molar-refractivity contribution is 5.89. The average Bonchev–Trinajstić information content (AvgIpc) is 2.66. The van der Waals surface area contributed by atoms with Gasteiger partial charge in [-0.1, -0.05) is 12.5 Å². The van der Waals surface area contributed by atoms with Gasteiger partial charge in [0.15, 0.2) is 0 Å². The van der Waals surface area contributed by atoms with E-state index in [1.807, 2.05) is 0 Å². The first-order valence-corrected chi connectivity index (χ1v) is 7.48. The molecule has 0 bridgehead atoms. The molecule has 0 amide bonds. The van der Waals surface area contributed by atoms with Crippen LogP contribution in [0.2, 0.25) is 0 Å². The zero-order valence-corrected chi connectivity index (χ0v) is 11.8. The molecule has 4 rings (SSSR count). The quantitative estimate of drug-likeness (QED) is 0.908. The fourth-order valence-electron chi connectivity index (χ4n) is 3.98. The molecule has 1 N–H and O–H groups in total. The van der Waals surface area contributed by atoms with E-state index in [9.17, 15) is 9.90 Å². The number of carboxylic acids is 1. The van der Waals surface area contributed by atoms with E-state index in [4.69, 9.17) is 0 Å². The lowest BCUT2D eigenvalue weighted by Crippen LogP contribution is -2.42. The summed E-state index contributed by atoms with van der Waals surface area (Å²) in [5.74, 6) is -0.651. The van der Waals surface area contributed by atoms with Gasteiger partial charge in [0.2, 0.25) is 0 Å². The number of hydrogen-bond acceptors (Lipinski definition) is 1. The molecule has 2 aliphatic rings. The van der Waals surface area contributed by atoms with Crippen LogP contribution in [0.3, 0.4) is 0 Å². The highest BCUT2D eigenvalue weighted by atomic mass is 16.4. The van der Waals surface area contributed by atoms with Crippen molar-refractivity contribution in [2.75, 3.05) is 0 Å². The maximum Gasteiger partial charge on any atom is 0.314 e. The topological polar surface area (TPSA) is 42.2 Å². The second-order valence-electron chi connectivity index (χ2n) is 6.35. The Hall–Kier alpha value is -1.77. The van der Waals surface area contributed by atoms with Crippen molar-refractivity contribution in [3.8, 4) is 0 Å². The van der Waals surface area contributed by atoms with Gasteiger partial charge < -0.3 is 9.67 Å². The molecule has 0 radical (unpaired) electrons. The van der Waals surface area contributed by atoms with Crippen molar-refractivity contribution in [2.24, 2.45) is 0 Å². The Morgan fingerprint density at radius 2 is 2.05 bits per heavy atom. The van der Waals surface area contributed by atoms with Crippen LogP contribution in [0.4, 0.5) is 0 Å². The third-order valence-electron chi connectivity index (χ3n) is 5.28. The van der Waals surface area contributed by atoms with Gasteiger partial charge in [0.25, 0.3) is 0 Å². The van der Waals surface area contributed by atoms with Gasteiger partial charge in [0.05, 0.1) is 10.9 Å². The van der Waals surface area contributed by atoms with Gasteiger partial charge in [-0.25, -0.2) is 0 Å². The van der Waals surface area contributed by atoms with Crippen LogP contribution < -0.4 is 0 Å². The first-order chi connectivity index (χ1) is 9.62. The summed E-state index contributed by atoms with van der Waals surface area (Å²) in [6, 6.07) is 6.51. The number of aliphatic carboxylic acids is 1. The molecule has 1 aliphatic carbocycles. The summed E-state index contributed by atoms with van der Waals surface area (Å²) >= 11 is 0. The minimum absolute atomic E-state index is 0.613. The van der Waals surface area contributed by atoms with E-state index in [2.05, 4.69) is 29.7 Å². The Morgan fingerprint density at radius 1 is 1.25 bits per heavy atom. The number of nitrogens with zero attached hydrogens (tertiary/aromatic N) is 1. The standard InChI is InChI=1S/C17H19NO2/c1-11-8-13-10-14(17(16(19)20)5-3-6-17)9-12-4-2-7-18(11)15(12)13/h8-10H,2-7H2,1H3,(H,19,20). The Labute approximate surface area is 118 Å². The van der Waals surface area contributed by atoms with Crippen LogP contribution >= 0.6 is 0 Å². The fraction of sp³-hybridized carbons (Fsp3) is 0.471. The molecule has 0 unspecified atom stereocenters. The molecular weight excluding hydrogens is 250 g/mol. The van der Waals surface area contributed by atoms with Gasteiger partial charge in [-0.3, -0.25) is 4.79 Å². The number of aromatic nitrogens is 1. The van der Waals surface area contributed by atoms with Gasteiger partial charge in [0.1, 0.15) is 0 Å². The van der Waals surface area contributed by atoms with Crippen molar-refractivity contribution in [3.05, 3.63) is 35.0 Å². The number of benzene rings is 1. The molecule has 1 aromatic carbocycles. The second kappa shape index (κ2) is 3.87. The summed E-state index contributed by atoms with van der Waals surface area (Å²) in [6.45, 7) is 3.23. The molecule has 0 spiro atoms. The van der Waals surface area contributed by atoms with Crippen LogP contribution in [-0.4, -0.2) is 15.6 Å². The zero-order valence-electron chi connectivity index (χ0n) is 11.8. The third kappa shape index (κ3) is 1.38. The Balaban J connectivity index is 1.97. The Morgan fingerprint density at radius 3 is 2.70 bits per heavy atom. The number of aryl methyl sites for hydroxylation is 3. The van der Waals surface area contributed by atoms with Crippen molar-refractivity contribution < 1.29 is 9.90 Å². The van der Waals surface area contributed by atoms with Gasteiger partial charge in [-0.2, -0.15) is 0 Å². The van der Waals surface area contributed by atoms with E-state index >= 15 is 0 Å². The van der Waals surface area contributed by atoms with Gasteiger partial charge >= 0.3 is 5.97 Å². The van der Waals surface area contributed by atoms with Crippen LogP contribution in [0, 0.1) is 6.92 Å². The molecular formula is C17H19NO2. The molecule has 1 fully saturated rings. The van der Waals surface area contributed by atoms with Gasteiger partial charge in [0, 0.05) is 17.6 Å². The summed E-state index contributed by atoms with van der Waals surface area (Å²) in [5, 5.41) is 10.9. The lowest BCUT2D eigenvalue weighted by Gasteiger charge is -2.38. The summed E-state index contributed by atoms with van der Waals surface area (Å²) in [4.78, 5) is 11.7. The van der Waals surface area contributed by atoms with Gasteiger partial charge in [-0.05, 0) is 55.9 Å². The Bertz CT molecular complexity index is 722. The molecule has 20 heavy (non-hydrogen) atoms. The second-order valence-corrected chi connectivity index (χ2v) is 6.35. The SMILES string of the molecule is Cc1cc2cc(C3(C(=O)O)CCC3)cc3c2n1CCC3. The molecule has 1 aliphatic heterocycles. The Kier molecular flexibility index (Phi) is 2.33. The van der Waals surface area contributed by atoms with Gasteiger partial charge in [-0.15, -0.1) is 0 Å². The normalized spacial score (nSPS) is 19.9.